The minimum absolute atomic E-state index is 0.185. The number of amides is 2. The first kappa shape index (κ1) is 28.6. The van der Waals surface area contributed by atoms with Gasteiger partial charge in [0.1, 0.15) is 5.75 Å². The van der Waals surface area contributed by atoms with Crippen molar-refractivity contribution < 1.29 is 27.5 Å². The lowest BCUT2D eigenvalue weighted by atomic mass is 9.93. The summed E-state index contributed by atoms with van der Waals surface area (Å²) < 4.78 is 38.9. The van der Waals surface area contributed by atoms with Crippen LogP contribution >= 0.6 is 0 Å². The van der Waals surface area contributed by atoms with Gasteiger partial charge in [-0.2, -0.15) is 4.31 Å². The first-order valence-corrected chi connectivity index (χ1v) is 14.6. The fourth-order valence-electron chi connectivity index (χ4n) is 5.09. The lowest BCUT2D eigenvalue weighted by molar-refractivity contribution is -0.139. The zero-order valence-corrected chi connectivity index (χ0v) is 23.4. The average molecular weight is 557 g/mol. The van der Waals surface area contributed by atoms with Gasteiger partial charge in [0, 0.05) is 44.0 Å². The van der Waals surface area contributed by atoms with Gasteiger partial charge in [-0.05, 0) is 45.0 Å². The van der Waals surface area contributed by atoms with E-state index >= 15 is 0 Å². The lowest BCUT2D eigenvalue weighted by Crippen LogP contribution is -2.51. The number of sulfonamides is 1. The molecular weight excluding hydrogens is 520 g/mol. The van der Waals surface area contributed by atoms with Crippen molar-refractivity contribution in [2.45, 2.75) is 31.2 Å². The van der Waals surface area contributed by atoms with Crippen LogP contribution in [0, 0.1) is 0 Å². The van der Waals surface area contributed by atoms with E-state index in [4.69, 9.17) is 9.47 Å². The van der Waals surface area contributed by atoms with Crippen LogP contribution in [0.15, 0.2) is 70.8 Å². The Balaban J connectivity index is 1.67. The van der Waals surface area contributed by atoms with Crippen LogP contribution in [0.4, 0.5) is 4.79 Å². The summed E-state index contributed by atoms with van der Waals surface area (Å²) in [6.07, 6.45) is 0.613. The maximum atomic E-state index is 13.4. The molecule has 11 heteroatoms. The van der Waals surface area contributed by atoms with Crippen LogP contribution in [0.5, 0.6) is 5.75 Å². The molecule has 39 heavy (non-hydrogen) atoms. The summed E-state index contributed by atoms with van der Waals surface area (Å²) in [7, 11) is -2.07. The molecule has 2 aliphatic heterocycles. The molecule has 10 nitrogen and oxygen atoms in total. The highest BCUT2D eigenvalue weighted by Gasteiger charge is 2.39. The van der Waals surface area contributed by atoms with Crippen molar-refractivity contribution in [1.29, 1.82) is 0 Å². The van der Waals surface area contributed by atoms with Gasteiger partial charge in [0.2, 0.25) is 10.0 Å². The molecule has 1 atom stereocenters. The molecule has 0 bridgehead atoms. The smallest absolute Gasteiger partial charge is 0.338 e. The van der Waals surface area contributed by atoms with E-state index in [2.05, 4.69) is 10.2 Å². The summed E-state index contributed by atoms with van der Waals surface area (Å²) in [4.78, 5) is 30.6. The quantitative estimate of drug-likeness (QED) is 0.473. The number of hydrogen-bond donors (Lipinski definition) is 1. The second-order valence-corrected chi connectivity index (χ2v) is 11.2. The molecule has 0 radical (unpaired) electrons. The number of carbonyl (C=O) groups excluding carboxylic acids is 2. The van der Waals surface area contributed by atoms with Crippen LogP contribution in [-0.4, -0.2) is 87.5 Å². The second-order valence-electron chi connectivity index (χ2n) is 9.30. The largest absolute Gasteiger partial charge is 0.496 e. The molecule has 0 aromatic heterocycles. The molecule has 0 spiro atoms. The number of methoxy groups -OCH3 is 1. The van der Waals surface area contributed by atoms with Crippen LogP contribution in [0.2, 0.25) is 0 Å². The van der Waals surface area contributed by atoms with Gasteiger partial charge in [0.15, 0.2) is 0 Å². The SMILES string of the molecule is CCOC(=O)C1=C(CN2CCCN(S(=O)(=O)c3ccccc3)CC2)N(CC)C(=O)NC1c1ccccc1OC. The number of ether oxygens (including phenoxy) is 2. The van der Waals surface area contributed by atoms with Gasteiger partial charge in [-0.1, -0.05) is 36.4 Å². The number of urea groups is 1. The Morgan fingerprint density at radius 2 is 1.72 bits per heavy atom. The molecule has 2 amide bonds. The minimum Gasteiger partial charge on any atom is -0.496 e. The highest BCUT2D eigenvalue weighted by Crippen LogP contribution is 2.36. The zero-order chi connectivity index (χ0) is 28.0. The van der Waals surface area contributed by atoms with E-state index in [0.717, 1.165) is 0 Å². The molecule has 1 unspecified atom stereocenters. The maximum Gasteiger partial charge on any atom is 0.338 e. The van der Waals surface area contributed by atoms with Gasteiger partial charge in [-0.25, -0.2) is 18.0 Å². The van der Waals surface area contributed by atoms with Crippen molar-refractivity contribution in [3.05, 3.63) is 71.4 Å². The third-order valence-corrected chi connectivity index (χ3v) is 8.91. The van der Waals surface area contributed by atoms with Crippen molar-refractivity contribution in [3.8, 4) is 5.75 Å². The number of nitrogens with one attached hydrogen (secondary N) is 1. The van der Waals surface area contributed by atoms with E-state index in [-0.39, 0.29) is 17.5 Å². The van der Waals surface area contributed by atoms with Crippen molar-refractivity contribution in [2.24, 2.45) is 0 Å². The fourth-order valence-corrected chi connectivity index (χ4v) is 6.59. The van der Waals surface area contributed by atoms with Crippen LogP contribution in [0.3, 0.4) is 0 Å². The molecule has 1 N–H and O–H groups in total. The first-order chi connectivity index (χ1) is 18.8. The molecule has 0 saturated carbocycles. The number of hydrogen-bond acceptors (Lipinski definition) is 7. The number of esters is 1. The van der Waals surface area contributed by atoms with Gasteiger partial charge in [0.25, 0.3) is 0 Å². The molecule has 2 aliphatic rings. The van der Waals surface area contributed by atoms with Crippen molar-refractivity contribution in [3.63, 3.8) is 0 Å². The fraction of sp³-hybridized carbons (Fsp3) is 0.429. The van der Waals surface area contributed by atoms with Crippen molar-refractivity contribution >= 4 is 22.0 Å². The predicted molar refractivity (Wildman–Crippen MR) is 147 cm³/mol. The molecule has 4 rings (SSSR count). The van der Waals surface area contributed by atoms with Crippen LogP contribution in [0.25, 0.3) is 0 Å². The number of benzene rings is 2. The molecule has 2 heterocycles. The molecule has 2 aromatic carbocycles. The minimum atomic E-state index is -3.62. The van der Waals surface area contributed by atoms with Gasteiger partial charge in [-0.3, -0.25) is 9.80 Å². The Morgan fingerprint density at radius 3 is 2.41 bits per heavy atom. The standard InChI is InChI=1S/C28H36N4O6S/c1-4-32-23(20-30-16-11-17-31(19-18-30)39(35,36)21-12-7-6-8-13-21)25(27(33)38-5-2)26(29-28(32)34)22-14-9-10-15-24(22)37-3/h6-10,12-15,26H,4-5,11,16-20H2,1-3H3,(H,29,34). The third-order valence-electron chi connectivity index (χ3n) is 7.00. The van der Waals surface area contributed by atoms with Gasteiger partial charge in [0.05, 0.1) is 30.2 Å². The van der Waals surface area contributed by atoms with E-state index in [1.807, 2.05) is 25.1 Å². The lowest BCUT2D eigenvalue weighted by Gasteiger charge is -2.38. The number of likely N-dealkylation sites (N-methyl/N-ethyl adjacent to an activating group) is 1. The van der Waals surface area contributed by atoms with Gasteiger partial charge in [-0.15, -0.1) is 0 Å². The maximum absolute atomic E-state index is 13.4. The highest BCUT2D eigenvalue weighted by molar-refractivity contribution is 7.89. The van der Waals surface area contributed by atoms with Gasteiger partial charge < -0.3 is 14.8 Å². The summed E-state index contributed by atoms with van der Waals surface area (Å²) in [5.41, 5.74) is 1.55. The molecule has 2 aromatic rings. The molecular formula is C28H36N4O6S. The summed E-state index contributed by atoms with van der Waals surface area (Å²) in [5, 5.41) is 2.96. The van der Waals surface area contributed by atoms with E-state index < -0.39 is 22.0 Å². The predicted octanol–water partition coefficient (Wildman–Crippen LogP) is 3.00. The van der Waals surface area contributed by atoms with E-state index in [0.29, 0.717) is 68.3 Å². The van der Waals surface area contributed by atoms with E-state index in [9.17, 15) is 18.0 Å². The molecule has 1 saturated heterocycles. The third kappa shape index (κ3) is 6.10. The van der Waals surface area contributed by atoms with Crippen molar-refractivity contribution in [1.82, 2.24) is 19.4 Å². The van der Waals surface area contributed by atoms with E-state index in [1.54, 1.807) is 55.3 Å². The van der Waals surface area contributed by atoms with Crippen LogP contribution in [0.1, 0.15) is 31.9 Å². The summed E-state index contributed by atoms with van der Waals surface area (Å²) >= 11 is 0. The second kappa shape index (κ2) is 12.6. The average Bonchev–Trinajstić information content (AvgIpc) is 3.19. The number of carbonyl (C=O) groups is 2. The summed E-state index contributed by atoms with van der Waals surface area (Å²) in [6, 6.07) is 14.6. The number of para-hydroxylation sites is 1. The zero-order valence-electron chi connectivity index (χ0n) is 22.6. The Morgan fingerprint density at radius 1 is 1.00 bits per heavy atom. The first-order valence-electron chi connectivity index (χ1n) is 13.2. The van der Waals surface area contributed by atoms with Gasteiger partial charge >= 0.3 is 12.0 Å². The normalized spacial score (nSPS) is 19.4. The molecule has 0 aliphatic carbocycles. The Kier molecular flexibility index (Phi) is 9.26. The van der Waals surface area contributed by atoms with Crippen molar-refractivity contribution in [2.75, 3.05) is 53.0 Å². The Labute approximate surface area is 230 Å². The molecule has 1 fully saturated rings. The number of nitrogens with zero attached hydrogens (tertiary/aromatic N) is 3. The number of rotatable bonds is 9. The van der Waals surface area contributed by atoms with Crippen LogP contribution in [-0.2, 0) is 19.6 Å². The van der Waals surface area contributed by atoms with E-state index in [1.165, 1.54) is 4.31 Å². The topological polar surface area (TPSA) is 108 Å². The van der Waals surface area contributed by atoms with Crippen LogP contribution < -0.4 is 10.1 Å². The monoisotopic (exact) mass is 556 g/mol. The molecule has 210 valence electrons. The Hall–Kier alpha value is -3.41. The summed E-state index contributed by atoms with van der Waals surface area (Å²) in [5.74, 6) is 0.0374. The summed E-state index contributed by atoms with van der Waals surface area (Å²) in [6.45, 7) is 6.17. The Bertz CT molecular complexity index is 1310. The highest BCUT2D eigenvalue weighted by atomic mass is 32.2.